The Morgan fingerprint density at radius 3 is 3.00 bits per heavy atom. The van der Waals surface area contributed by atoms with Crippen LogP contribution in [0.3, 0.4) is 0 Å². The quantitative estimate of drug-likeness (QED) is 0.722. The zero-order chi connectivity index (χ0) is 13.9. The van der Waals surface area contributed by atoms with Gasteiger partial charge in [-0.3, -0.25) is 9.78 Å². The Hall–Kier alpha value is -2.37. The molecule has 0 saturated carbocycles. The second kappa shape index (κ2) is 5.32. The van der Waals surface area contributed by atoms with Crippen LogP contribution >= 0.6 is 0 Å². The Balaban J connectivity index is 1.98. The molecule has 6 nitrogen and oxygen atoms in total. The molecule has 0 spiro atoms. The van der Waals surface area contributed by atoms with Crippen molar-refractivity contribution in [3.05, 3.63) is 34.6 Å². The molecule has 1 aromatic carbocycles. The van der Waals surface area contributed by atoms with Crippen LogP contribution in [0, 0.1) is 0 Å². The molecule has 0 fully saturated rings. The number of rotatable bonds is 5. The molecule has 20 heavy (non-hydrogen) atoms. The highest BCUT2D eigenvalue weighted by Gasteiger charge is 2.10. The molecule has 104 valence electrons. The first-order valence-electron chi connectivity index (χ1n) is 6.80. The molecular formula is C14H16N4O2. The number of fused-ring (bicyclic) bond motifs is 3. The van der Waals surface area contributed by atoms with Crippen molar-refractivity contribution in [1.29, 1.82) is 0 Å². The first-order chi connectivity index (χ1) is 9.79. The molecule has 0 aliphatic heterocycles. The number of benzene rings is 1. The molecule has 0 unspecified atom stereocenters. The van der Waals surface area contributed by atoms with Gasteiger partial charge in [-0.25, -0.2) is 0 Å². The summed E-state index contributed by atoms with van der Waals surface area (Å²) in [6.45, 7) is 2.73. The topological polar surface area (TPSA) is 72.3 Å². The fraction of sp³-hybridized carbons (Fsp3) is 0.357. The second-order valence-corrected chi connectivity index (χ2v) is 4.66. The van der Waals surface area contributed by atoms with Crippen molar-refractivity contribution in [1.82, 2.24) is 19.6 Å². The van der Waals surface area contributed by atoms with Gasteiger partial charge in [0.2, 0.25) is 5.78 Å². The summed E-state index contributed by atoms with van der Waals surface area (Å²) in [5.41, 5.74) is 0.556. The fourth-order valence-corrected chi connectivity index (χ4v) is 2.14. The maximum absolute atomic E-state index is 11.9. The minimum atomic E-state index is -0.168. The molecule has 6 heteroatoms. The summed E-state index contributed by atoms with van der Waals surface area (Å²) in [5, 5.41) is 4.88. The fourth-order valence-electron chi connectivity index (χ4n) is 2.14. The summed E-state index contributed by atoms with van der Waals surface area (Å²) in [5.74, 6) is 0.402. The van der Waals surface area contributed by atoms with Crippen LogP contribution < -0.4 is 10.3 Å². The molecule has 0 aliphatic rings. The number of aromatic nitrogens is 4. The van der Waals surface area contributed by atoms with Crippen LogP contribution in [0.5, 0.6) is 6.01 Å². The molecule has 0 bridgehead atoms. The first-order valence-corrected chi connectivity index (χ1v) is 6.80. The van der Waals surface area contributed by atoms with Gasteiger partial charge in [-0.2, -0.15) is 9.50 Å². The van der Waals surface area contributed by atoms with Crippen LogP contribution in [0.2, 0.25) is 0 Å². The third kappa shape index (κ3) is 2.24. The average molecular weight is 272 g/mol. The molecule has 1 N–H and O–H groups in total. The summed E-state index contributed by atoms with van der Waals surface area (Å²) in [6, 6.07) is 7.59. The van der Waals surface area contributed by atoms with Gasteiger partial charge >= 0.3 is 6.01 Å². The van der Waals surface area contributed by atoms with Crippen molar-refractivity contribution in [2.24, 2.45) is 0 Å². The summed E-state index contributed by atoms with van der Waals surface area (Å²) >= 11 is 0. The van der Waals surface area contributed by atoms with E-state index in [0.29, 0.717) is 23.8 Å². The van der Waals surface area contributed by atoms with E-state index in [0.717, 1.165) is 24.8 Å². The Morgan fingerprint density at radius 2 is 2.15 bits per heavy atom. The predicted molar refractivity (Wildman–Crippen MR) is 76.1 cm³/mol. The average Bonchev–Trinajstić information content (AvgIpc) is 2.87. The van der Waals surface area contributed by atoms with Crippen LogP contribution in [0.4, 0.5) is 0 Å². The Morgan fingerprint density at radius 1 is 1.30 bits per heavy atom. The van der Waals surface area contributed by atoms with Crippen LogP contribution in [0.1, 0.15) is 26.2 Å². The van der Waals surface area contributed by atoms with E-state index in [1.807, 2.05) is 18.2 Å². The van der Waals surface area contributed by atoms with Crippen molar-refractivity contribution in [3.63, 3.8) is 0 Å². The highest BCUT2D eigenvalue weighted by atomic mass is 16.5. The van der Waals surface area contributed by atoms with Gasteiger partial charge in [-0.05, 0) is 18.6 Å². The smallest absolute Gasteiger partial charge is 0.337 e. The third-order valence-electron chi connectivity index (χ3n) is 3.17. The number of hydrogen-bond donors (Lipinski definition) is 1. The number of hydrogen-bond acceptors (Lipinski definition) is 4. The lowest BCUT2D eigenvalue weighted by molar-refractivity contribution is 0.283. The van der Waals surface area contributed by atoms with Crippen molar-refractivity contribution < 1.29 is 4.74 Å². The zero-order valence-corrected chi connectivity index (χ0v) is 11.3. The molecule has 0 radical (unpaired) electrons. The van der Waals surface area contributed by atoms with Gasteiger partial charge in [0.15, 0.2) is 0 Å². The summed E-state index contributed by atoms with van der Waals surface area (Å²) in [6.07, 6.45) is 3.23. The SMILES string of the molecule is CCCCCOc1nc2[nH]c(=O)c3ccccc3n2n1. The number of para-hydroxylation sites is 1. The van der Waals surface area contributed by atoms with E-state index in [-0.39, 0.29) is 5.56 Å². The Bertz CT molecular complexity index is 791. The largest absolute Gasteiger partial charge is 0.462 e. The molecule has 0 saturated heterocycles. The van der Waals surface area contributed by atoms with Crippen molar-refractivity contribution in [3.8, 4) is 6.01 Å². The van der Waals surface area contributed by atoms with Gasteiger partial charge in [-0.1, -0.05) is 31.9 Å². The predicted octanol–water partition coefficient (Wildman–Crippen LogP) is 2.14. The highest BCUT2D eigenvalue weighted by Crippen LogP contribution is 2.12. The zero-order valence-electron chi connectivity index (χ0n) is 11.3. The monoisotopic (exact) mass is 272 g/mol. The van der Waals surface area contributed by atoms with Gasteiger partial charge in [0.25, 0.3) is 5.56 Å². The van der Waals surface area contributed by atoms with Crippen LogP contribution in [-0.4, -0.2) is 26.2 Å². The summed E-state index contributed by atoms with van der Waals surface area (Å²) < 4.78 is 7.12. The number of nitrogens with one attached hydrogen (secondary N) is 1. The number of ether oxygens (including phenoxy) is 1. The lowest BCUT2D eigenvalue weighted by atomic mass is 10.2. The van der Waals surface area contributed by atoms with Crippen molar-refractivity contribution in [2.75, 3.05) is 6.61 Å². The molecule has 0 amide bonds. The van der Waals surface area contributed by atoms with Crippen molar-refractivity contribution >= 4 is 16.7 Å². The Labute approximate surface area is 115 Å². The van der Waals surface area contributed by atoms with Gasteiger partial charge in [0.05, 0.1) is 17.5 Å². The first kappa shape index (κ1) is 12.7. The van der Waals surface area contributed by atoms with E-state index in [4.69, 9.17) is 4.74 Å². The van der Waals surface area contributed by atoms with E-state index in [2.05, 4.69) is 22.0 Å². The lowest BCUT2D eigenvalue weighted by Crippen LogP contribution is -2.10. The van der Waals surface area contributed by atoms with E-state index >= 15 is 0 Å². The third-order valence-corrected chi connectivity index (χ3v) is 3.17. The van der Waals surface area contributed by atoms with Crippen molar-refractivity contribution in [2.45, 2.75) is 26.2 Å². The maximum atomic E-state index is 11.9. The maximum Gasteiger partial charge on any atom is 0.337 e. The van der Waals surface area contributed by atoms with Gasteiger partial charge in [-0.15, -0.1) is 5.10 Å². The molecular weight excluding hydrogens is 256 g/mol. The second-order valence-electron chi connectivity index (χ2n) is 4.66. The highest BCUT2D eigenvalue weighted by molar-refractivity contribution is 5.79. The van der Waals surface area contributed by atoms with Gasteiger partial charge < -0.3 is 4.74 Å². The molecule has 3 aromatic rings. The standard InChI is InChI=1S/C14H16N4O2/c1-2-3-6-9-20-14-16-13-15-12(19)10-7-4-5-8-11(10)18(13)17-14/h4-5,7-8H,2-3,6,9H2,1H3,(H,15,16,17,19). The molecule has 2 aromatic heterocycles. The van der Waals surface area contributed by atoms with E-state index in [9.17, 15) is 4.79 Å². The molecule has 2 heterocycles. The summed E-state index contributed by atoms with van der Waals surface area (Å²) in [4.78, 5) is 18.8. The number of H-pyrrole nitrogens is 1. The Kier molecular flexibility index (Phi) is 3.37. The molecule has 0 aliphatic carbocycles. The number of aromatic amines is 1. The van der Waals surface area contributed by atoms with Crippen LogP contribution in [-0.2, 0) is 0 Å². The molecule has 3 rings (SSSR count). The minimum Gasteiger partial charge on any atom is -0.462 e. The van der Waals surface area contributed by atoms with Gasteiger partial charge in [0.1, 0.15) is 0 Å². The van der Waals surface area contributed by atoms with E-state index in [1.165, 1.54) is 0 Å². The van der Waals surface area contributed by atoms with Gasteiger partial charge in [0, 0.05) is 0 Å². The number of nitrogens with zero attached hydrogens (tertiary/aromatic N) is 3. The number of unbranched alkanes of at least 4 members (excludes halogenated alkanes) is 2. The minimum absolute atomic E-state index is 0.168. The van der Waals surface area contributed by atoms with E-state index in [1.54, 1.807) is 10.6 Å². The summed E-state index contributed by atoms with van der Waals surface area (Å²) in [7, 11) is 0. The van der Waals surface area contributed by atoms with Crippen LogP contribution in [0.15, 0.2) is 29.1 Å². The molecule has 0 atom stereocenters. The lowest BCUT2D eigenvalue weighted by Gasteiger charge is -1.99. The normalized spacial score (nSPS) is 11.2. The van der Waals surface area contributed by atoms with E-state index < -0.39 is 0 Å². The van der Waals surface area contributed by atoms with Crippen LogP contribution in [0.25, 0.3) is 16.7 Å².